The third kappa shape index (κ3) is 4.00. The second-order valence-electron chi connectivity index (χ2n) is 6.51. The number of anilines is 1. The lowest BCUT2D eigenvalue weighted by Gasteiger charge is -2.36. The molecule has 8 heteroatoms. The Morgan fingerprint density at radius 3 is 2.41 bits per heavy atom. The van der Waals surface area contributed by atoms with Gasteiger partial charge in [0.1, 0.15) is 5.82 Å². The highest BCUT2D eigenvalue weighted by atomic mass is 19.4. The normalized spacial score (nSPS) is 16.0. The van der Waals surface area contributed by atoms with Crippen molar-refractivity contribution in [2.75, 3.05) is 37.6 Å². The highest BCUT2D eigenvalue weighted by Crippen LogP contribution is 2.28. The molecule has 0 saturated carbocycles. The summed E-state index contributed by atoms with van der Waals surface area (Å²) in [5.41, 5.74) is 1.61. The third-order valence-corrected chi connectivity index (χ3v) is 4.58. The van der Waals surface area contributed by atoms with Crippen LogP contribution in [0.25, 0.3) is 22.3 Å². The molecule has 1 fully saturated rings. The Morgan fingerprint density at radius 2 is 1.70 bits per heavy atom. The minimum atomic E-state index is -4.17. The van der Waals surface area contributed by atoms with E-state index < -0.39 is 12.7 Å². The quantitative estimate of drug-likeness (QED) is 0.704. The van der Waals surface area contributed by atoms with Crippen LogP contribution in [-0.4, -0.2) is 58.8 Å². The minimum absolute atomic E-state index is 0.347. The molecule has 0 N–H and O–H groups in total. The number of hydrogen-bond donors (Lipinski definition) is 0. The Bertz CT molecular complexity index is 922. The largest absolute Gasteiger partial charge is 0.401 e. The number of aromatic nitrogens is 3. The summed E-state index contributed by atoms with van der Waals surface area (Å²) in [4.78, 5) is 16.9. The summed E-state index contributed by atoms with van der Waals surface area (Å²) in [5.74, 6) is 1.32. The first-order valence-corrected chi connectivity index (χ1v) is 8.71. The van der Waals surface area contributed by atoms with Gasteiger partial charge in [0.2, 0.25) is 0 Å². The van der Waals surface area contributed by atoms with E-state index in [1.165, 1.54) is 4.90 Å². The second kappa shape index (κ2) is 7.11. The molecule has 27 heavy (non-hydrogen) atoms. The van der Waals surface area contributed by atoms with Crippen LogP contribution in [0.1, 0.15) is 0 Å². The first-order valence-electron chi connectivity index (χ1n) is 8.71. The summed E-state index contributed by atoms with van der Waals surface area (Å²) in [6.07, 6.45) is -0.780. The topological polar surface area (TPSA) is 45.2 Å². The van der Waals surface area contributed by atoms with Gasteiger partial charge in [-0.15, -0.1) is 0 Å². The number of piperazine rings is 1. The molecule has 1 aliphatic rings. The van der Waals surface area contributed by atoms with E-state index in [9.17, 15) is 13.2 Å². The lowest BCUT2D eigenvalue weighted by Crippen LogP contribution is -2.49. The zero-order valence-corrected chi connectivity index (χ0v) is 14.5. The number of nitrogens with zero attached hydrogens (tertiary/aromatic N) is 5. The average molecular weight is 373 g/mol. The molecule has 4 rings (SSSR count). The van der Waals surface area contributed by atoms with Gasteiger partial charge in [-0.05, 0) is 24.3 Å². The van der Waals surface area contributed by atoms with Crippen LogP contribution in [0.4, 0.5) is 19.0 Å². The van der Waals surface area contributed by atoms with Crippen molar-refractivity contribution >= 4 is 16.7 Å². The van der Waals surface area contributed by atoms with Crippen LogP contribution in [0.3, 0.4) is 0 Å². The number of alkyl halides is 3. The molecule has 3 heterocycles. The minimum Gasteiger partial charge on any atom is -0.353 e. The predicted octanol–water partition coefficient (Wildman–Crippen LogP) is 3.38. The molecule has 5 nitrogen and oxygen atoms in total. The van der Waals surface area contributed by atoms with Crippen molar-refractivity contribution in [2.24, 2.45) is 0 Å². The van der Waals surface area contributed by atoms with Crippen LogP contribution in [0.15, 0.2) is 48.8 Å². The number of benzene rings is 1. The van der Waals surface area contributed by atoms with Gasteiger partial charge in [-0.3, -0.25) is 9.88 Å². The van der Waals surface area contributed by atoms with Crippen LogP contribution in [0.5, 0.6) is 0 Å². The van der Waals surface area contributed by atoms with Gasteiger partial charge in [-0.1, -0.05) is 12.1 Å². The molecular formula is C19H18F3N5. The lowest BCUT2D eigenvalue weighted by atomic mass is 10.2. The third-order valence-electron chi connectivity index (χ3n) is 4.58. The van der Waals surface area contributed by atoms with Crippen LogP contribution in [-0.2, 0) is 0 Å². The number of hydrogen-bond acceptors (Lipinski definition) is 5. The number of pyridine rings is 1. The molecule has 140 valence electrons. The number of para-hydroxylation sites is 1. The molecule has 0 amide bonds. The van der Waals surface area contributed by atoms with E-state index in [4.69, 9.17) is 4.98 Å². The molecule has 0 atom stereocenters. The zero-order valence-electron chi connectivity index (χ0n) is 14.5. The molecule has 1 aromatic carbocycles. The fourth-order valence-corrected chi connectivity index (χ4v) is 3.30. The molecule has 0 aliphatic carbocycles. The van der Waals surface area contributed by atoms with Crippen molar-refractivity contribution < 1.29 is 13.2 Å². The zero-order chi connectivity index (χ0) is 18.9. The average Bonchev–Trinajstić information content (AvgIpc) is 2.67. The maximum atomic E-state index is 12.6. The summed E-state index contributed by atoms with van der Waals surface area (Å²) in [5, 5.41) is 0.898. The summed E-state index contributed by atoms with van der Waals surface area (Å²) < 4.78 is 37.9. The van der Waals surface area contributed by atoms with Gasteiger partial charge in [-0.25, -0.2) is 9.97 Å². The van der Waals surface area contributed by atoms with Gasteiger partial charge < -0.3 is 4.90 Å². The Kier molecular flexibility index (Phi) is 4.65. The highest BCUT2D eigenvalue weighted by molar-refractivity contribution is 5.91. The van der Waals surface area contributed by atoms with Crippen LogP contribution in [0, 0.1) is 0 Å². The Hall–Kier alpha value is -2.74. The van der Waals surface area contributed by atoms with Crippen molar-refractivity contribution in [3.8, 4) is 11.4 Å². The van der Waals surface area contributed by atoms with Crippen LogP contribution < -0.4 is 4.90 Å². The predicted molar refractivity (Wildman–Crippen MR) is 97.5 cm³/mol. The van der Waals surface area contributed by atoms with Crippen molar-refractivity contribution in [2.45, 2.75) is 6.18 Å². The van der Waals surface area contributed by atoms with Gasteiger partial charge in [0.05, 0.1) is 12.1 Å². The van der Waals surface area contributed by atoms with E-state index in [-0.39, 0.29) is 0 Å². The van der Waals surface area contributed by atoms with Crippen molar-refractivity contribution in [3.63, 3.8) is 0 Å². The monoisotopic (exact) mass is 373 g/mol. The van der Waals surface area contributed by atoms with Crippen LogP contribution >= 0.6 is 0 Å². The van der Waals surface area contributed by atoms with Crippen LogP contribution in [0.2, 0.25) is 0 Å². The van der Waals surface area contributed by atoms with E-state index in [0.29, 0.717) is 32.0 Å². The van der Waals surface area contributed by atoms with Gasteiger partial charge >= 0.3 is 6.18 Å². The standard InChI is InChI=1S/C19H18F3N5/c20-19(21,22)13-26-8-10-27(11-9-26)18-15-5-1-2-6-16(15)24-17(25-18)14-4-3-7-23-12-14/h1-7,12H,8-11,13H2. The highest BCUT2D eigenvalue weighted by Gasteiger charge is 2.32. The summed E-state index contributed by atoms with van der Waals surface area (Å²) in [6.45, 7) is 0.805. The van der Waals surface area contributed by atoms with E-state index >= 15 is 0 Å². The number of halogens is 3. The maximum Gasteiger partial charge on any atom is 0.401 e. The van der Waals surface area contributed by atoms with Gasteiger partial charge in [0.25, 0.3) is 0 Å². The van der Waals surface area contributed by atoms with E-state index in [1.807, 2.05) is 41.3 Å². The maximum absolute atomic E-state index is 12.6. The molecule has 3 aromatic rings. The first kappa shape index (κ1) is 17.7. The van der Waals surface area contributed by atoms with E-state index in [1.54, 1.807) is 12.4 Å². The molecule has 0 spiro atoms. The molecule has 2 aromatic heterocycles. The first-order chi connectivity index (χ1) is 13.0. The van der Waals surface area contributed by atoms with Crippen molar-refractivity contribution in [1.29, 1.82) is 0 Å². The number of rotatable bonds is 3. The fraction of sp³-hybridized carbons (Fsp3) is 0.316. The van der Waals surface area contributed by atoms with E-state index in [0.717, 1.165) is 22.3 Å². The molecule has 0 bridgehead atoms. The summed E-state index contributed by atoms with van der Waals surface area (Å²) in [6, 6.07) is 11.4. The van der Waals surface area contributed by atoms with Crippen molar-refractivity contribution in [3.05, 3.63) is 48.8 Å². The Balaban J connectivity index is 1.65. The second-order valence-corrected chi connectivity index (χ2v) is 6.51. The molecule has 1 saturated heterocycles. The summed E-state index contributed by atoms with van der Waals surface area (Å²) in [7, 11) is 0. The SMILES string of the molecule is FC(F)(F)CN1CCN(c2nc(-c3cccnc3)nc3ccccc23)CC1. The molecular weight excluding hydrogens is 355 g/mol. The van der Waals surface area contributed by atoms with Gasteiger partial charge in [0, 0.05) is 49.5 Å². The van der Waals surface area contributed by atoms with Gasteiger partial charge in [0.15, 0.2) is 5.82 Å². The molecule has 0 radical (unpaired) electrons. The number of fused-ring (bicyclic) bond motifs is 1. The summed E-state index contributed by atoms with van der Waals surface area (Å²) >= 11 is 0. The molecule has 0 unspecified atom stereocenters. The van der Waals surface area contributed by atoms with E-state index in [2.05, 4.69) is 9.97 Å². The Morgan fingerprint density at radius 1 is 0.926 bits per heavy atom. The Labute approximate surface area is 154 Å². The smallest absolute Gasteiger partial charge is 0.353 e. The van der Waals surface area contributed by atoms with Crippen molar-refractivity contribution in [1.82, 2.24) is 19.9 Å². The van der Waals surface area contributed by atoms with Gasteiger partial charge in [-0.2, -0.15) is 13.2 Å². The fourth-order valence-electron chi connectivity index (χ4n) is 3.30. The lowest BCUT2D eigenvalue weighted by molar-refractivity contribution is -0.146. The molecule has 1 aliphatic heterocycles.